The molecular formula is C26H24N4O2. The molecule has 0 bridgehead atoms. The molecule has 6 nitrogen and oxygen atoms in total. The number of fused-ring (bicyclic) bond motifs is 1. The van der Waals surface area contributed by atoms with Crippen LogP contribution in [-0.4, -0.2) is 32.2 Å². The predicted octanol–water partition coefficient (Wildman–Crippen LogP) is 5.33. The smallest absolute Gasteiger partial charge is 0.265 e. The number of oxazole rings is 1. The maximum Gasteiger partial charge on any atom is 0.265 e. The zero-order valence-corrected chi connectivity index (χ0v) is 18.3. The zero-order valence-electron chi connectivity index (χ0n) is 18.3. The van der Waals surface area contributed by atoms with Gasteiger partial charge in [-0.3, -0.25) is 4.79 Å². The van der Waals surface area contributed by atoms with Crippen molar-refractivity contribution < 1.29 is 9.21 Å². The van der Waals surface area contributed by atoms with E-state index in [4.69, 9.17) is 9.40 Å². The van der Waals surface area contributed by atoms with Gasteiger partial charge in [-0.2, -0.15) is 0 Å². The monoisotopic (exact) mass is 424 g/mol. The van der Waals surface area contributed by atoms with E-state index in [0.717, 1.165) is 22.8 Å². The van der Waals surface area contributed by atoms with Gasteiger partial charge in [0.1, 0.15) is 12.1 Å². The van der Waals surface area contributed by atoms with Gasteiger partial charge in [-0.05, 0) is 49.1 Å². The second kappa shape index (κ2) is 7.96. The van der Waals surface area contributed by atoms with Crippen molar-refractivity contribution in [1.82, 2.24) is 19.9 Å². The van der Waals surface area contributed by atoms with Gasteiger partial charge in [0.15, 0.2) is 0 Å². The van der Waals surface area contributed by atoms with Gasteiger partial charge in [0.25, 0.3) is 5.89 Å². The Balaban J connectivity index is 1.31. The largest absolute Gasteiger partial charge is 0.442 e. The molecule has 0 amide bonds. The molecule has 0 radical (unpaired) electrons. The molecule has 4 aromatic rings. The van der Waals surface area contributed by atoms with Gasteiger partial charge in [0, 0.05) is 11.8 Å². The van der Waals surface area contributed by atoms with E-state index >= 15 is 0 Å². The normalized spacial score (nSPS) is 12.8. The Morgan fingerprint density at radius 1 is 1.00 bits per heavy atom. The number of imidazole rings is 1. The first-order valence-corrected chi connectivity index (χ1v) is 10.6. The lowest BCUT2D eigenvalue weighted by Gasteiger charge is -2.21. The summed E-state index contributed by atoms with van der Waals surface area (Å²) in [5, 5.41) is 0. The van der Waals surface area contributed by atoms with Crippen LogP contribution in [0.2, 0.25) is 0 Å². The van der Waals surface area contributed by atoms with E-state index in [2.05, 4.69) is 66.3 Å². The molecule has 3 heterocycles. The molecule has 5 rings (SSSR count). The van der Waals surface area contributed by atoms with E-state index in [9.17, 15) is 4.79 Å². The summed E-state index contributed by atoms with van der Waals surface area (Å²) in [6.45, 7) is 6.84. The highest BCUT2D eigenvalue weighted by Crippen LogP contribution is 2.27. The van der Waals surface area contributed by atoms with E-state index in [1.165, 1.54) is 28.5 Å². The number of benzene rings is 2. The van der Waals surface area contributed by atoms with E-state index in [1.54, 1.807) is 6.92 Å². The van der Waals surface area contributed by atoms with E-state index in [1.807, 2.05) is 17.2 Å². The van der Waals surface area contributed by atoms with Crippen molar-refractivity contribution in [3.63, 3.8) is 0 Å². The quantitative estimate of drug-likeness (QED) is 0.439. The molecule has 2 aromatic carbocycles. The minimum Gasteiger partial charge on any atom is -0.442 e. The van der Waals surface area contributed by atoms with Gasteiger partial charge in [0.2, 0.25) is 5.78 Å². The number of aromatic amines is 1. The standard InChI is InChI=1S/C26H24N4O2/c1-16-4-5-21(12-17(16)2)19-6-8-20(9-7-19)25-28-22-10-11-30(13-23(22)29-25)14-24(31)26-27-18(3)15-32-26/h4-12,15H,13-14H2,1-3H3,(H,28,29). The predicted molar refractivity (Wildman–Crippen MR) is 124 cm³/mol. The van der Waals surface area contributed by atoms with E-state index < -0.39 is 0 Å². The van der Waals surface area contributed by atoms with E-state index in [-0.39, 0.29) is 18.2 Å². The second-order valence-electron chi connectivity index (χ2n) is 8.26. The third-order valence-corrected chi connectivity index (χ3v) is 5.82. The summed E-state index contributed by atoms with van der Waals surface area (Å²) in [5.41, 5.74) is 8.59. The lowest BCUT2D eigenvalue weighted by Crippen LogP contribution is -2.27. The topological polar surface area (TPSA) is 75.0 Å². The van der Waals surface area contributed by atoms with Crippen LogP contribution in [-0.2, 0) is 6.54 Å². The Bertz CT molecular complexity index is 1330. The Morgan fingerprint density at radius 2 is 1.75 bits per heavy atom. The Morgan fingerprint density at radius 3 is 2.47 bits per heavy atom. The molecular weight excluding hydrogens is 400 g/mol. The average molecular weight is 425 g/mol. The number of carbonyl (C=O) groups is 1. The van der Waals surface area contributed by atoms with Gasteiger partial charge in [-0.25, -0.2) is 9.97 Å². The van der Waals surface area contributed by atoms with Crippen LogP contribution < -0.4 is 0 Å². The fraction of sp³-hybridized carbons (Fsp3) is 0.192. The number of hydrogen-bond acceptors (Lipinski definition) is 5. The van der Waals surface area contributed by atoms with Crippen LogP contribution >= 0.6 is 0 Å². The summed E-state index contributed by atoms with van der Waals surface area (Å²) in [6, 6.07) is 15.0. The number of hydrogen-bond donors (Lipinski definition) is 1. The SMILES string of the molecule is Cc1coc(C(=O)CN2C=Cc3nc(-c4ccc(-c5ccc(C)c(C)c5)cc4)[nH]c3C2)n1. The molecule has 160 valence electrons. The summed E-state index contributed by atoms with van der Waals surface area (Å²) >= 11 is 0. The highest BCUT2D eigenvalue weighted by molar-refractivity contribution is 5.93. The number of nitrogens with one attached hydrogen (secondary N) is 1. The van der Waals surface area contributed by atoms with Crippen molar-refractivity contribution in [2.24, 2.45) is 0 Å². The molecule has 0 spiro atoms. The molecule has 2 aromatic heterocycles. The average Bonchev–Trinajstić information content (AvgIpc) is 3.42. The Kier molecular flexibility index (Phi) is 4.98. The first kappa shape index (κ1) is 20.0. The van der Waals surface area contributed by atoms with Gasteiger partial charge < -0.3 is 14.3 Å². The molecule has 32 heavy (non-hydrogen) atoms. The summed E-state index contributed by atoms with van der Waals surface area (Å²) in [5.74, 6) is 0.825. The van der Waals surface area contributed by atoms with Gasteiger partial charge in [-0.1, -0.05) is 42.5 Å². The van der Waals surface area contributed by atoms with Crippen molar-refractivity contribution in [2.75, 3.05) is 6.54 Å². The molecule has 0 aliphatic carbocycles. The van der Waals surface area contributed by atoms with Crippen LogP contribution in [0.25, 0.3) is 28.6 Å². The maximum absolute atomic E-state index is 12.4. The third kappa shape index (κ3) is 3.87. The number of ketones is 1. The third-order valence-electron chi connectivity index (χ3n) is 5.82. The molecule has 1 N–H and O–H groups in total. The first-order valence-electron chi connectivity index (χ1n) is 10.6. The lowest BCUT2D eigenvalue weighted by molar-refractivity contribution is 0.0918. The first-order chi connectivity index (χ1) is 15.5. The number of carbonyl (C=O) groups excluding carboxylic acids is 1. The molecule has 0 unspecified atom stereocenters. The van der Waals surface area contributed by atoms with Crippen molar-refractivity contribution >= 4 is 11.9 Å². The van der Waals surface area contributed by atoms with Crippen LogP contribution in [0.4, 0.5) is 0 Å². The number of aromatic nitrogens is 3. The summed E-state index contributed by atoms with van der Waals surface area (Å²) in [4.78, 5) is 26.6. The molecule has 1 aliphatic rings. The number of nitrogens with zero attached hydrogens (tertiary/aromatic N) is 3. The van der Waals surface area contributed by atoms with Crippen molar-refractivity contribution in [3.05, 3.63) is 89.0 Å². The van der Waals surface area contributed by atoms with Gasteiger partial charge in [0.05, 0.1) is 30.2 Å². The summed E-state index contributed by atoms with van der Waals surface area (Å²) in [6.07, 6.45) is 5.31. The maximum atomic E-state index is 12.4. The fourth-order valence-electron chi connectivity index (χ4n) is 3.83. The minimum absolute atomic E-state index is 0.145. The van der Waals surface area contributed by atoms with Crippen molar-refractivity contribution in [2.45, 2.75) is 27.3 Å². The van der Waals surface area contributed by atoms with Crippen LogP contribution in [0.15, 0.2) is 59.3 Å². The zero-order chi connectivity index (χ0) is 22.2. The van der Waals surface area contributed by atoms with Crippen molar-refractivity contribution in [3.8, 4) is 22.5 Å². The number of rotatable bonds is 5. The second-order valence-corrected chi connectivity index (χ2v) is 8.26. The lowest BCUT2D eigenvalue weighted by atomic mass is 9.99. The van der Waals surface area contributed by atoms with Crippen LogP contribution in [0.3, 0.4) is 0 Å². The molecule has 0 saturated carbocycles. The summed E-state index contributed by atoms with van der Waals surface area (Å²) in [7, 11) is 0. The Labute approximate surface area is 186 Å². The number of aryl methyl sites for hydroxylation is 3. The van der Waals surface area contributed by atoms with Gasteiger partial charge in [-0.15, -0.1) is 0 Å². The Hall–Kier alpha value is -3.93. The highest BCUT2D eigenvalue weighted by Gasteiger charge is 2.20. The van der Waals surface area contributed by atoms with Gasteiger partial charge >= 0.3 is 0 Å². The van der Waals surface area contributed by atoms with Crippen LogP contribution in [0.1, 0.15) is 38.9 Å². The molecule has 0 atom stereocenters. The van der Waals surface area contributed by atoms with Crippen LogP contribution in [0, 0.1) is 20.8 Å². The number of Topliss-reactive ketones (excluding diaryl/α,β-unsaturated/α-hetero) is 1. The number of H-pyrrole nitrogens is 1. The molecule has 0 fully saturated rings. The van der Waals surface area contributed by atoms with Crippen molar-refractivity contribution in [1.29, 1.82) is 0 Å². The highest BCUT2D eigenvalue weighted by atomic mass is 16.3. The van der Waals surface area contributed by atoms with Crippen LogP contribution in [0.5, 0.6) is 0 Å². The molecule has 0 saturated heterocycles. The molecule has 1 aliphatic heterocycles. The van der Waals surface area contributed by atoms with E-state index in [0.29, 0.717) is 12.2 Å². The fourth-order valence-corrected chi connectivity index (χ4v) is 3.83. The minimum atomic E-state index is -0.145. The summed E-state index contributed by atoms with van der Waals surface area (Å²) < 4.78 is 5.22. The molecule has 6 heteroatoms.